The van der Waals surface area contributed by atoms with Gasteiger partial charge in [0.1, 0.15) is 5.38 Å². The summed E-state index contributed by atoms with van der Waals surface area (Å²) in [5.41, 5.74) is 0.348. The molecule has 0 spiro atoms. The van der Waals surface area contributed by atoms with E-state index < -0.39 is 11.8 Å². The third-order valence-corrected chi connectivity index (χ3v) is 2.75. The van der Waals surface area contributed by atoms with Crippen molar-refractivity contribution in [3.63, 3.8) is 0 Å². The summed E-state index contributed by atoms with van der Waals surface area (Å²) in [6.07, 6.45) is -1.81. The molecule has 0 aliphatic carbocycles. The van der Waals surface area contributed by atoms with Crippen molar-refractivity contribution in [2.45, 2.75) is 18.2 Å². The second kappa shape index (κ2) is 4.87. The van der Waals surface area contributed by atoms with Crippen LogP contribution in [0, 0.1) is 0 Å². The van der Waals surface area contributed by atoms with Crippen LogP contribution in [-0.2, 0) is 0 Å². The molecular weight excluding hydrogens is 238 g/mol. The molecule has 1 aromatic carbocycles. The number of rotatable bonds is 2. The van der Waals surface area contributed by atoms with E-state index in [-0.39, 0.29) is 0 Å². The van der Waals surface area contributed by atoms with Gasteiger partial charge in [0.25, 0.3) is 6.43 Å². The molecule has 1 heterocycles. The van der Waals surface area contributed by atoms with E-state index in [1.165, 1.54) is 12.1 Å². The Hall–Kier alpha value is -1.03. The zero-order chi connectivity index (χ0) is 11.5. The lowest BCUT2D eigenvalue weighted by Crippen LogP contribution is -2.02. The minimum Gasteiger partial charge on any atom is -0.490 e. The lowest BCUT2D eigenvalue weighted by Gasteiger charge is -2.12. The summed E-state index contributed by atoms with van der Waals surface area (Å²) in [4.78, 5) is 0. The summed E-state index contributed by atoms with van der Waals surface area (Å²) in [6, 6.07) is 4.68. The Morgan fingerprint density at radius 2 is 1.81 bits per heavy atom. The molecular formula is C11H11ClF2O2. The van der Waals surface area contributed by atoms with Crippen molar-refractivity contribution in [1.82, 2.24) is 0 Å². The van der Waals surface area contributed by atoms with Gasteiger partial charge in [0.15, 0.2) is 11.5 Å². The Kier molecular flexibility index (Phi) is 3.49. The minimum absolute atomic E-state index is 0.348. The van der Waals surface area contributed by atoms with Gasteiger partial charge in [-0.2, -0.15) is 0 Å². The zero-order valence-electron chi connectivity index (χ0n) is 8.46. The van der Waals surface area contributed by atoms with Crippen LogP contribution in [-0.4, -0.2) is 19.6 Å². The highest BCUT2D eigenvalue weighted by atomic mass is 35.5. The van der Waals surface area contributed by atoms with Crippen LogP contribution in [0.4, 0.5) is 8.78 Å². The van der Waals surface area contributed by atoms with Crippen molar-refractivity contribution < 1.29 is 18.3 Å². The molecule has 1 atom stereocenters. The van der Waals surface area contributed by atoms with E-state index in [9.17, 15) is 8.78 Å². The van der Waals surface area contributed by atoms with E-state index in [0.717, 1.165) is 6.42 Å². The average molecular weight is 249 g/mol. The second-order valence-electron chi connectivity index (χ2n) is 3.49. The van der Waals surface area contributed by atoms with Crippen LogP contribution in [0.2, 0.25) is 0 Å². The highest BCUT2D eigenvalue weighted by Crippen LogP contribution is 2.35. The summed E-state index contributed by atoms with van der Waals surface area (Å²) in [6.45, 7) is 1.10. The van der Waals surface area contributed by atoms with Crippen LogP contribution in [0.15, 0.2) is 18.2 Å². The second-order valence-corrected chi connectivity index (χ2v) is 3.96. The molecule has 0 saturated heterocycles. The summed E-state index contributed by atoms with van der Waals surface area (Å²) in [5, 5.41) is -1.31. The third kappa shape index (κ3) is 2.38. The van der Waals surface area contributed by atoms with Gasteiger partial charge < -0.3 is 9.47 Å². The molecule has 0 bridgehead atoms. The topological polar surface area (TPSA) is 18.5 Å². The number of hydrogen-bond acceptors (Lipinski definition) is 2. The van der Waals surface area contributed by atoms with Crippen molar-refractivity contribution in [3.05, 3.63) is 23.8 Å². The highest BCUT2D eigenvalue weighted by molar-refractivity contribution is 6.21. The van der Waals surface area contributed by atoms with Gasteiger partial charge in [0.2, 0.25) is 0 Å². The van der Waals surface area contributed by atoms with Crippen LogP contribution >= 0.6 is 11.6 Å². The minimum atomic E-state index is -2.59. The number of ether oxygens (including phenoxy) is 2. The molecule has 1 aliphatic heterocycles. The highest BCUT2D eigenvalue weighted by Gasteiger charge is 2.21. The molecule has 0 aromatic heterocycles. The Balaban J connectivity index is 2.27. The maximum atomic E-state index is 12.4. The van der Waals surface area contributed by atoms with E-state index in [4.69, 9.17) is 21.1 Å². The fourth-order valence-corrected chi connectivity index (χ4v) is 1.63. The smallest absolute Gasteiger partial charge is 0.258 e. The number of benzene rings is 1. The molecule has 1 aromatic rings. The number of fused-ring (bicyclic) bond motifs is 1. The van der Waals surface area contributed by atoms with E-state index in [0.29, 0.717) is 30.3 Å². The van der Waals surface area contributed by atoms with Gasteiger partial charge in [-0.1, -0.05) is 6.07 Å². The molecule has 5 heteroatoms. The molecule has 0 radical (unpaired) electrons. The Morgan fingerprint density at radius 1 is 1.12 bits per heavy atom. The largest absolute Gasteiger partial charge is 0.490 e. The first kappa shape index (κ1) is 11.5. The van der Waals surface area contributed by atoms with Gasteiger partial charge in [0, 0.05) is 6.42 Å². The van der Waals surface area contributed by atoms with Crippen LogP contribution in [0.3, 0.4) is 0 Å². The monoisotopic (exact) mass is 248 g/mol. The Bertz CT molecular complexity index is 371. The van der Waals surface area contributed by atoms with Gasteiger partial charge in [-0.15, -0.1) is 11.6 Å². The maximum Gasteiger partial charge on any atom is 0.258 e. The van der Waals surface area contributed by atoms with E-state index in [1.807, 2.05) is 0 Å². The molecule has 0 N–H and O–H groups in total. The van der Waals surface area contributed by atoms with Crippen LogP contribution in [0.25, 0.3) is 0 Å². The summed E-state index contributed by atoms with van der Waals surface area (Å²) in [7, 11) is 0. The molecule has 2 nitrogen and oxygen atoms in total. The Labute approximate surface area is 97.1 Å². The molecule has 2 rings (SSSR count). The van der Waals surface area contributed by atoms with Crippen molar-refractivity contribution in [3.8, 4) is 11.5 Å². The van der Waals surface area contributed by atoms with Crippen LogP contribution < -0.4 is 9.47 Å². The molecule has 88 valence electrons. The van der Waals surface area contributed by atoms with Crippen molar-refractivity contribution in [2.24, 2.45) is 0 Å². The third-order valence-electron chi connectivity index (χ3n) is 2.31. The van der Waals surface area contributed by atoms with Gasteiger partial charge in [-0.05, 0) is 17.7 Å². The predicted molar refractivity (Wildman–Crippen MR) is 56.6 cm³/mol. The Morgan fingerprint density at radius 3 is 2.50 bits per heavy atom. The van der Waals surface area contributed by atoms with E-state index in [1.54, 1.807) is 6.07 Å². The molecule has 0 fully saturated rings. The predicted octanol–water partition coefficient (Wildman–Crippen LogP) is 3.39. The normalized spacial score (nSPS) is 17.0. The van der Waals surface area contributed by atoms with Crippen molar-refractivity contribution in [1.29, 1.82) is 0 Å². The maximum absolute atomic E-state index is 12.4. The summed E-state index contributed by atoms with van der Waals surface area (Å²) in [5.74, 6) is 1.07. The van der Waals surface area contributed by atoms with Gasteiger partial charge >= 0.3 is 0 Å². The van der Waals surface area contributed by atoms with E-state index in [2.05, 4.69) is 0 Å². The van der Waals surface area contributed by atoms with Gasteiger partial charge in [-0.3, -0.25) is 0 Å². The molecule has 0 saturated carbocycles. The summed E-state index contributed by atoms with van der Waals surface area (Å²) < 4.78 is 35.6. The van der Waals surface area contributed by atoms with Crippen LogP contribution in [0.1, 0.15) is 17.4 Å². The van der Waals surface area contributed by atoms with E-state index >= 15 is 0 Å². The SMILES string of the molecule is FC(F)C(Cl)c1ccc2c(c1)OCCCO2. The number of hydrogen-bond donors (Lipinski definition) is 0. The first-order valence-electron chi connectivity index (χ1n) is 5.00. The quantitative estimate of drug-likeness (QED) is 0.747. The zero-order valence-corrected chi connectivity index (χ0v) is 9.21. The first-order valence-corrected chi connectivity index (χ1v) is 5.44. The van der Waals surface area contributed by atoms with Crippen LogP contribution in [0.5, 0.6) is 11.5 Å². The first-order chi connectivity index (χ1) is 7.68. The lowest BCUT2D eigenvalue weighted by atomic mass is 10.1. The standard InChI is InChI=1S/C11H11ClF2O2/c12-10(11(13)14)7-2-3-8-9(6-7)16-5-1-4-15-8/h2-3,6,10-11H,1,4-5H2. The fourth-order valence-electron chi connectivity index (χ4n) is 1.50. The van der Waals surface area contributed by atoms with Crippen molar-refractivity contribution >= 4 is 11.6 Å². The fraction of sp³-hybridized carbons (Fsp3) is 0.455. The summed E-state index contributed by atoms with van der Waals surface area (Å²) >= 11 is 5.58. The average Bonchev–Trinajstić information content (AvgIpc) is 2.51. The molecule has 0 amide bonds. The molecule has 1 unspecified atom stereocenters. The van der Waals surface area contributed by atoms with Gasteiger partial charge in [0.05, 0.1) is 13.2 Å². The molecule has 16 heavy (non-hydrogen) atoms. The van der Waals surface area contributed by atoms with Crippen molar-refractivity contribution in [2.75, 3.05) is 13.2 Å². The number of halogens is 3. The van der Waals surface area contributed by atoms with Gasteiger partial charge in [-0.25, -0.2) is 8.78 Å². The molecule has 1 aliphatic rings. The number of alkyl halides is 3. The lowest BCUT2D eigenvalue weighted by molar-refractivity contribution is 0.143.